The molecule has 1 unspecified atom stereocenters. The Labute approximate surface area is 148 Å². The van der Waals surface area contributed by atoms with Gasteiger partial charge in [-0.15, -0.1) is 0 Å². The van der Waals surface area contributed by atoms with E-state index in [1.54, 1.807) is 18.2 Å². The lowest BCUT2D eigenvalue weighted by atomic mass is 10.1. The van der Waals surface area contributed by atoms with Crippen molar-refractivity contribution in [3.05, 3.63) is 64.2 Å². The van der Waals surface area contributed by atoms with Crippen LogP contribution in [0.25, 0.3) is 0 Å². The first-order valence-electron chi connectivity index (χ1n) is 7.83. The third-order valence-electron chi connectivity index (χ3n) is 4.40. The summed E-state index contributed by atoms with van der Waals surface area (Å²) in [7, 11) is -3.54. The SMILES string of the molecule is Cc1ccc(S(=O)(=O)N2CCOC(c3ccccc3Cl)C2)cc1C. The van der Waals surface area contributed by atoms with E-state index < -0.39 is 10.0 Å². The third-order valence-corrected chi connectivity index (χ3v) is 6.60. The highest BCUT2D eigenvalue weighted by Crippen LogP contribution is 2.30. The summed E-state index contributed by atoms with van der Waals surface area (Å²) in [5.41, 5.74) is 2.86. The Hall–Kier alpha value is -1.40. The summed E-state index contributed by atoms with van der Waals surface area (Å²) in [5, 5.41) is 0.591. The van der Waals surface area contributed by atoms with Gasteiger partial charge in [0.2, 0.25) is 10.0 Å². The zero-order valence-corrected chi connectivity index (χ0v) is 15.3. The molecule has 0 aliphatic carbocycles. The topological polar surface area (TPSA) is 46.6 Å². The van der Waals surface area contributed by atoms with Crippen molar-refractivity contribution < 1.29 is 13.2 Å². The molecule has 2 aromatic rings. The first-order chi connectivity index (χ1) is 11.4. The van der Waals surface area contributed by atoms with Crippen LogP contribution in [0, 0.1) is 13.8 Å². The average Bonchev–Trinajstić information content (AvgIpc) is 2.58. The van der Waals surface area contributed by atoms with Crippen LogP contribution < -0.4 is 0 Å². The van der Waals surface area contributed by atoms with Gasteiger partial charge in [0.25, 0.3) is 0 Å². The maximum Gasteiger partial charge on any atom is 0.243 e. The molecule has 1 saturated heterocycles. The van der Waals surface area contributed by atoms with Crippen LogP contribution in [-0.4, -0.2) is 32.4 Å². The van der Waals surface area contributed by atoms with Gasteiger partial charge in [0.05, 0.1) is 17.6 Å². The molecule has 4 nitrogen and oxygen atoms in total. The molecule has 1 aliphatic rings. The van der Waals surface area contributed by atoms with Gasteiger partial charge in [-0.3, -0.25) is 0 Å². The van der Waals surface area contributed by atoms with E-state index in [9.17, 15) is 8.42 Å². The minimum Gasteiger partial charge on any atom is -0.371 e. The smallest absolute Gasteiger partial charge is 0.243 e. The number of hydrogen-bond donors (Lipinski definition) is 0. The number of rotatable bonds is 3. The van der Waals surface area contributed by atoms with Crippen molar-refractivity contribution in [2.45, 2.75) is 24.8 Å². The van der Waals surface area contributed by atoms with Gasteiger partial charge in [-0.2, -0.15) is 4.31 Å². The minimum absolute atomic E-state index is 0.263. The Bertz CT molecular complexity index is 851. The number of ether oxygens (including phenoxy) is 1. The van der Waals surface area contributed by atoms with Crippen LogP contribution in [0.5, 0.6) is 0 Å². The normalized spacial score (nSPS) is 19.4. The second-order valence-corrected chi connectivity index (χ2v) is 8.34. The highest BCUT2D eigenvalue weighted by Gasteiger charge is 2.32. The third kappa shape index (κ3) is 3.35. The Balaban J connectivity index is 1.88. The fourth-order valence-corrected chi connectivity index (χ4v) is 4.56. The van der Waals surface area contributed by atoms with Crippen LogP contribution in [-0.2, 0) is 14.8 Å². The largest absolute Gasteiger partial charge is 0.371 e. The molecule has 0 spiro atoms. The fraction of sp³-hybridized carbons (Fsp3) is 0.333. The lowest BCUT2D eigenvalue weighted by Crippen LogP contribution is -2.42. The van der Waals surface area contributed by atoms with Gasteiger partial charge in [-0.05, 0) is 43.2 Å². The number of aryl methyl sites for hydroxylation is 2. The van der Waals surface area contributed by atoms with E-state index in [0.717, 1.165) is 16.7 Å². The highest BCUT2D eigenvalue weighted by atomic mass is 35.5. The summed E-state index contributed by atoms with van der Waals surface area (Å²) in [4.78, 5) is 0.324. The molecule has 2 aromatic carbocycles. The Morgan fingerprint density at radius 3 is 2.58 bits per heavy atom. The van der Waals surface area contributed by atoms with Crippen LogP contribution in [0.4, 0.5) is 0 Å². The van der Waals surface area contributed by atoms with Gasteiger partial charge in [-0.1, -0.05) is 35.9 Å². The molecule has 1 fully saturated rings. The molecule has 6 heteroatoms. The zero-order chi connectivity index (χ0) is 17.3. The van der Waals surface area contributed by atoms with E-state index in [1.165, 1.54) is 4.31 Å². The number of hydrogen-bond acceptors (Lipinski definition) is 3. The van der Waals surface area contributed by atoms with Crippen LogP contribution in [0.15, 0.2) is 47.4 Å². The first kappa shape index (κ1) is 17.4. The van der Waals surface area contributed by atoms with Crippen LogP contribution >= 0.6 is 11.6 Å². The summed E-state index contributed by atoms with van der Waals surface area (Å²) in [5.74, 6) is 0. The van der Waals surface area contributed by atoms with Gasteiger partial charge in [0.15, 0.2) is 0 Å². The number of sulfonamides is 1. The molecule has 0 saturated carbocycles. The van der Waals surface area contributed by atoms with E-state index in [-0.39, 0.29) is 12.6 Å². The maximum atomic E-state index is 12.9. The van der Waals surface area contributed by atoms with Crippen LogP contribution in [0.2, 0.25) is 5.02 Å². The van der Waals surface area contributed by atoms with Crippen molar-refractivity contribution in [3.63, 3.8) is 0 Å². The number of morpholine rings is 1. The molecule has 1 heterocycles. The lowest BCUT2D eigenvalue weighted by Gasteiger charge is -2.32. The van der Waals surface area contributed by atoms with E-state index in [4.69, 9.17) is 16.3 Å². The van der Waals surface area contributed by atoms with E-state index >= 15 is 0 Å². The number of halogens is 1. The van der Waals surface area contributed by atoms with Crippen molar-refractivity contribution in [2.75, 3.05) is 19.7 Å². The van der Waals surface area contributed by atoms with E-state index in [1.807, 2.05) is 38.1 Å². The van der Waals surface area contributed by atoms with Gasteiger partial charge < -0.3 is 4.74 Å². The van der Waals surface area contributed by atoms with E-state index in [2.05, 4.69) is 0 Å². The van der Waals surface area contributed by atoms with E-state index in [0.29, 0.717) is 23.1 Å². The molecule has 0 radical (unpaired) electrons. The van der Waals surface area contributed by atoms with Crippen molar-refractivity contribution in [2.24, 2.45) is 0 Å². The Morgan fingerprint density at radius 2 is 1.88 bits per heavy atom. The lowest BCUT2D eigenvalue weighted by molar-refractivity contribution is -0.00249. The molecular weight excluding hydrogens is 346 g/mol. The molecule has 0 aromatic heterocycles. The first-order valence-corrected chi connectivity index (χ1v) is 9.65. The molecular formula is C18H20ClNO3S. The number of nitrogens with zero attached hydrogens (tertiary/aromatic N) is 1. The van der Waals surface area contributed by atoms with Crippen molar-refractivity contribution in [3.8, 4) is 0 Å². The minimum atomic E-state index is -3.54. The maximum absolute atomic E-state index is 12.9. The summed E-state index contributed by atoms with van der Waals surface area (Å²) in [6, 6.07) is 12.6. The second-order valence-electron chi connectivity index (χ2n) is 5.99. The standard InChI is InChI=1S/C18H20ClNO3S/c1-13-7-8-15(11-14(13)2)24(21,22)20-9-10-23-18(12-20)16-5-3-4-6-17(16)19/h3-8,11,18H,9-10,12H2,1-2H3. The molecule has 3 rings (SSSR count). The monoisotopic (exact) mass is 365 g/mol. The molecule has 0 amide bonds. The second kappa shape index (κ2) is 6.84. The fourth-order valence-electron chi connectivity index (χ4n) is 2.79. The van der Waals surface area contributed by atoms with Crippen molar-refractivity contribution >= 4 is 21.6 Å². The summed E-state index contributed by atoms with van der Waals surface area (Å²) in [6.45, 7) is 4.84. The quantitative estimate of drug-likeness (QED) is 0.832. The molecule has 128 valence electrons. The van der Waals surface area contributed by atoms with Crippen molar-refractivity contribution in [1.82, 2.24) is 4.31 Å². The molecule has 1 atom stereocenters. The Kier molecular flexibility index (Phi) is 4.97. The molecule has 0 bridgehead atoms. The molecule has 1 aliphatic heterocycles. The van der Waals surface area contributed by atoms with Gasteiger partial charge in [0.1, 0.15) is 0 Å². The van der Waals surface area contributed by atoms with Gasteiger partial charge in [0, 0.05) is 23.7 Å². The molecule has 24 heavy (non-hydrogen) atoms. The predicted octanol–water partition coefficient (Wildman–Crippen LogP) is 3.72. The summed E-state index contributed by atoms with van der Waals surface area (Å²) < 4.78 is 33.1. The predicted molar refractivity (Wildman–Crippen MR) is 94.8 cm³/mol. The number of benzene rings is 2. The van der Waals surface area contributed by atoms with Crippen LogP contribution in [0.1, 0.15) is 22.8 Å². The average molecular weight is 366 g/mol. The summed E-state index contributed by atoms with van der Waals surface area (Å²) in [6.07, 6.45) is -0.353. The van der Waals surface area contributed by atoms with Gasteiger partial charge in [-0.25, -0.2) is 8.42 Å². The van der Waals surface area contributed by atoms with Gasteiger partial charge >= 0.3 is 0 Å². The highest BCUT2D eigenvalue weighted by molar-refractivity contribution is 7.89. The van der Waals surface area contributed by atoms with Crippen molar-refractivity contribution in [1.29, 1.82) is 0 Å². The van der Waals surface area contributed by atoms with Crippen LogP contribution in [0.3, 0.4) is 0 Å². The summed E-state index contributed by atoms with van der Waals surface area (Å²) >= 11 is 6.23. The zero-order valence-electron chi connectivity index (χ0n) is 13.7. The molecule has 0 N–H and O–H groups in total. The Morgan fingerprint density at radius 1 is 1.12 bits per heavy atom.